The molecule has 122 valence electrons. The van der Waals surface area contributed by atoms with Crippen LogP contribution in [0, 0.1) is 0 Å². The van der Waals surface area contributed by atoms with E-state index in [1.165, 1.54) is 12.0 Å². The van der Waals surface area contributed by atoms with Crippen LogP contribution in [0.3, 0.4) is 0 Å². The van der Waals surface area contributed by atoms with Crippen LogP contribution in [-0.2, 0) is 0 Å². The summed E-state index contributed by atoms with van der Waals surface area (Å²) in [5, 5.41) is 13.3. The molecule has 4 nitrogen and oxygen atoms in total. The molecule has 1 aromatic carbocycles. The lowest BCUT2D eigenvalue weighted by atomic mass is 10.1. The minimum Gasteiger partial charge on any atom is -0.393 e. The molecule has 3 rings (SSSR count). The average Bonchev–Trinajstić information content (AvgIpc) is 3.28. The fourth-order valence-corrected chi connectivity index (χ4v) is 3.05. The Morgan fingerprint density at radius 1 is 1.27 bits per heavy atom. The van der Waals surface area contributed by atoms with E-state index in [0.717, 1.165) is 38.4 Å². The first-order valence-electron chi connectivity index (χ1n) is 8.07. The highest BCUT2D eigenvalue weighted by molar-refractivity contribution is 14.0. The number of hydrogen-bond acceptors (Lipinski definition) is 2. The number of halogens is 1. The third-order valence-electron chi connectivity index (χ3n) is 4.40. The minimum atomic E-state index is -0.137. The summed E-state index contributed by atoms with van der Waals surface area (Å²) >= 11 is 0. The zero-order valence-electron chi connectivity index (χ0n) is 13.1. The lowest BCUT2D eigenvalue weighted by Crippen LogP contribution is -2.47. The zero-order chi connectivity index (χ0) is 14.7. The summed E-state index contributed by atoms with van der Waals surface area (Å²) in [5.41, 5.74) is 1.42. The van der Waals surface area contributed by atoms with Gasteiger partial charge in [0.25, 0.3) is 0 Å². The van der Waals surface area contributed by atoms with Gasteiger partial charge in [-0.3, -0.25) is 4.99 Å². The lowest BCUT2D eigenvalue weighted by Gasteiger charge is -2.32. The van der Waals surface area contributed by atoms with Crippen LogP contribution in [0.5, 0.6) is 0 Å². The third kappa shape index (κ3) is 4.35. The number of benzene rings is 1. The quantitative estimate of drug-likeness (QED) is 0.453. The van der Waals surface area contributed by atoms with Crippen LogP contribution in [0.15, 0.2) is 35.3 Å². The second kappa shape index (κ2) is 8.15. The third-order valence-corrected chi connectivity index (χ3v) is 4.40. The van der Waals surface area contributed by atoms with Crippen LogP contribution in [0.25, 0.3) is 0 Å². The lowest BCUT2D eigenvalue weighted by molar-refractivity contribution is 0.108. The number of aliphatic hydroxyl groups is 1. The highest BCUT2D eigenvalue weighted by atomic mass is 127. The number of rotatable bonds is 3. The van der Waals surface area contributed by atoms with Crippen molar-refractivity contribution in [2.45, 2.75) is 44.2 Å². The van der Waals surface area contributed by atoms with Crippen molar-refractivity contribution in [3.05, 3.63) is 35.9 Å². The minimum absolute atomic E-state index is 0. The van der Waals surface area contributed by atoms with E-state index in [1.54, 1.807) is 0 Å². The Morgan fingerprint density at radius 3 is 2.59 bits per heavy atom. The number of aliphatic imine (C=N–C) groups is 1. The van der Waals surface area contributed by atoms with Gasteiger partial charge in [-0.15, -0.1) is 24.0 Å². The van der Waals surface area contributed by atoms with Gasteiger partial charge in [-0.25, -0.2) is 0 Å². The molecule has 0 amide bonds. The average molecular weight is 415 g/mol. The Morgan fingerprint density at radius 2 is 1.95 bits per heavy atom. The second-order valence-electron chi connectivity index (χ2n) is 6.02. The predicted octanol–water partition coefficient (Wildman–Crippen LogP) is 2.58. The highest BCUT2D eigenvalue weighted by Crippen LogP contribution is 2.40. The summed E-state index contributed by atoms with van der Waals surface area (Å²) in [6.45, 7) is 4.66. The molecule has 0 radical (unpaired) electrons. The van der Waals surface area contributed by atoms with Gasteiger partial charge >= 0.3 is 0 Å². The van der Waals surface area contributed by atoms with Crippen molar-refractivity contribution in [1.82, 2.24) is 10.2 Å². The number of aliphatic hydroxyl groups excluding tert-OH is 1. The highest BCUT2D eigenvalue weighted by Gasteiger charge is 2.39. The van der Waals surface area contributed by atoms with Gasteiger partial charge in [0.1, 0.15) is 0 Å². The first-order chi connectivity index (χ1) is 10.3. The number of guanidine groups is 1. The van der Waals surface area contributed by atoms with Crippen molar-refractivity contribution in [1.29, 1.82) is 0 Å². The summed E-state index contributed by atoms with van der Waals surface area (Å²) < 4.78 is 0. The van der Waals surface area contributed by atoms with E-state index in [4.69, 9.17) is 0 Å². The molecule has 1 aromatic rings. The smallest absolute Gasteiger partial charge is 0.194 e. The molecule has 2 aliphatic rings. The van der Waals surface area contributed by atoms with E-state index in [0.29, 0.717) is 12.0 Å². The normalized spacial score (nSPS) is 25.5. The van der Waals surface area contributed by atoms with Gasteiger partial charge in [-0.05, 0) is 31.7 Å². The van der Waals surface area contributed by atoms with Crippen molar-refractivity contribution in [2.24, 2.45) is 4.99 Å². The standard InChI is InChI=1S/C17H25N3O.HI/c1-2-18-17(20-10-8-14(21)9-11-20)19-16-12-15(16)13-6-4-3-5-7-13;/h3-7,14-16,21H,2,8-12H2,1H3,(H,18,19);1H. The maximum Gasteiger partial charge on any atom is 0.194 e. The van der Waals surface area contributed by atoms with Gasteiger partial charge in [-0.2, -0.15) is 0 Å². The molecule has 0 spiro atoms. The van der Waals surface area contributed by atoms with Crippen LogP contribution < -0.4 is 5.32 Å². The predicted molar refractivity (Wildman–Crippen MR) is 101 cm³/mol. The topological polar surface area (TPSA) is 47.9 Å². The maximum absolute atomic E-state index is 9.64. The van der Waals surface area contributed by atoms with Gasteiger partial charge < -0.3 is 15.3 Å². The molecule has 1 aliphatic heterocycles. The first-order valence-corrected chi connectivity index (χ1v) is 8.07. The van der Waals surface area contributed by atoms with Gasteiger partial charge in [0.15, 0.2) is 5.96 Å². The molecule has 2 atom stereocenters. The molecule has 2 N–H and O–H groups in total. The van der Waals surface area contributed by atoms with Crippen LogP contribution in [0.4, 0.5) is 0 Å². The van der Waals surface area contributed by atoms with Crippen LogP contribution in [-0.4, -0.2) is 47.7 Å². The summed E-state index contributed by atoms with van der Waals surface area (Å²) in [5.74, 6) is 1.64. The Bertz CT molecular complexity index is 486. The van der Waals surface area contributed by atoms with E-state index in [2.05, 4.69) is 52.5 Å². The number of likely N-dealkylation sites (tertiary alicyclic amines) is 1. The van der Waals surface area contributed by atoms with E-state index in [9.17, 15) is 5.11 Å². The number of nitrogens with one attached hydrogen (secondary N) is 1. The molecule has 0 bridgehead atoms. The van der Waals surface area contributed by atoms with Gasteiger partial charge in [0, 0.05) is 31.6 Å². The SMILES string of the molecule is CCN=C(NC1CC1c1ccccc1)N1CCC(O)CC1.I. The van der Waals surface area contributed by atoms with Crippen LogP contribution in [0.2, 0.25) is 0 Å². The number of nitrogens with zero attached hydrogens (tertiary/aromatic N) is 2. The molecular weight excluding hydrogens is 389 g/mol. The second-order valence-corrected chi connectivity index (χ2v) is 6.02. The molecule has 1 heterocycles. The zero-order valence-corrected chi connectivity index (χ0v) is 15.4. The fraction of sp³-hybridized carbons (Fsp3) is 0.588. The van der Waals surface area contributed by atoms with Crippen molar-refractivity contribution in [2.75, 3.05) is 19.6 Å². The monoisotopic (exact) mass is 415 g/mol. The van der Waals surface area contributed by atoms with Crippen molar-refractivity contribution >= 4 is 29.9 Å². The molecule has 2 fully saturated rings. The largest absolute Gasteiger partial charge is 0.393 e. The van der Waals surface area contributed by atoms with E-state index in [1.807, 2.05) is 0 Å². The molecule has 0 aromatic heterocycles. The Balaban J connectivity index is 0.00000176. The van der Waals surface area contributed by atoms with Crippen molar-refractivity contribution in [3.63, 3.8) is 0 Å². The number of hydrogen-bond donors (Lipinski definition) is 2. The summed E-state index contributed by atoms with van der Waals surface area (Å²) in [6, 6.07) is 11.2. The first kappa shape index (κ1) is 17.5. The van der Waals surface area contributed by atoms with Gasteiger partial charge in [-0.1, -0.05) is 30.3 Å². The molecule has 1 aliphatic carbocycles. The molecule has 5 heteroatoms. The van der Waals surface area contributed by atoms with Gasteiger partial charge in [0.05, 0.1) is 6.10 Å². The molecule has 1 saturated carbocycles. The number of piperidine rings is 1. The summed E-state index contributed by atoms with van der Waals surface area (Å²) in [4.78, 5) is 6.92. The molecule has 2 unspecified atom stereocenters. The maximum atomic E-state index is 9.64. The Hall–Kier alpha value is -0.820. The Labute approximate surface area is 150 Å². The van der Waals surface area contributed by atoms with E-state index < -0.39 is 0 Å². The van der Waals surface area contributed by atoms with E-state index >= 15 is 0 Å². The molecule has 22 heavy (non-hydrogen) atoms. The van der Waals surface area contributed by atoms with Crippen LogP contribution in [0.1, 0.15) is 37.7 Å². The van der Waals surface area contributed by atoms with E-state index in [-0.39, 0.29) is 30.1 Å². The van der Waals surface area contributed by atoms with Crippen molar-refractivity contribution in [3.8, 4) is 0 Å². The van der Waals surface area contributed by atoms with Gasteiger partial charge in [0.2, 0.25) is 0 Å². The fourth-order valence-electron chi connectivity index (χ4n) is 3.05. The summed E-state index contributed by atoms with van der Waals surface area (Å²) in [6.07, 6.45) is 2.74. The molecule has 1 saturated heterocycles. The summed E-state index contributed by atoms with van der Waals surface area (Å²) in [7, 11) is 0. The Kier molecular flexibility index (Phi) is 6.50. The molecular formula is C17H26IN3O. The van der Waals surface area contributed by atoms with Crippen molar-refractivity contribution < 1.29 is 5.11 Å². The van der Waals surface area contributed by atoms with Crippen LogP contribution >= 0.6 is 24.0 Å².